The lowest BCUT2D eigenvalue weighted by atomic mass is 9.96. The number of para-hydroxylation sites is 1. The van der Waals surface area contributed by atoms with Crippen molar-refractivity contribution in [3.8, 4) is 17.3 Å². The molecule has 0 aliphatic carbocycles. The van der Waals surface area contributed by atoms with Crippen LogP contribution in [-0.2, 0) is 13.0 Å². The van der Waals surface area contributed by atoms with Crippen LogP contribution in [0.5, 0.6) is 11.6 Å². The number of nitrogens with two attached hydrogens (primary N) is 1. The summed E-state index contributed by atoms with van der Waals surface area (Å²) >= 11 is 0. The van der Waals surface area contributed by atoms with Crippen molar-refractivity contribution in [2.45, 2.75) is 32.4 Å². The van der Waals surface area contributed by atoms with Crippen LogP contribution in [0.25, 0.3) is 16.6 Å². The van der Waals surface area contributed by atoms with Crippen LogP contribution < -0.4 is 15.8 Å². The maximum atomic E-state index is 14.0. The Labute approximate surface area is 240 Å². The fourth-order valence-corrected chi connectivity index (χ4v) is 5.70. The summed E-state index contributed by atoms with van der Waals surface area (Å²) in [6, 6.07) is 11.8. The summed E-state index contributed by atoms with van der Waals surface area (Å²) in [6.45, 7) is 5.86. The van der Waals surface area contributed by atoms with Gasteiger partial charge in [-0.05, 0) is 73.3 Å². The third-order valence-corrected chi connectivity index (χ3v) is 8.14. The second kappa shape index (κ2) is 10.3. The van der Waals surface area contributed by atoms with Crippen LogP contribution in [0.4, 0.5) is 14.6 Å². The Morgan fingerprint density at radius 3 is 2.69 bits per heavy atom. The first-order valence-electron chi connectivity index (χ1n) is 13.9. The number of ether oxygens (including phenoxy) is 1. The van der Waals surface area contributed by atoms with Crippen LogP contribution >= 0.6 is 0 Å². The molecular weight excluding hydrogens is 540 g/mol. The number of aromatic nitrogens is 4. The van der Waals surface area contributed by atoms with E-state index in [1.807, 2.05) is 6.07 Å². The Bertz CT molecular complexity index is 1820. The summed E-state index contributed by atoms with van der Waals surface area (Å²) in [5.41, 5.74) is 11.7. The van der Waals surface area contributed by atoms with E-state index in [9.17, 15) is 13.6 Å². The molecule has 7 rings (SSSR count). The lowest BCUT2D eigenvalue weighted by molar-refractivity contribution is 0.103. The largest absolute Gasteiger partial charge is 0.433 e. The van der Waals surface area contributed by atoms with Gasteiger partial charge in [0.25, 0.3) is 0 Å². The quantitative estimate of drug-likeness (QED) is 0.244. The number of benzene rings is 2. The molecule has 9 nitrogen and oxygen atoms in total. The molecule has 0 spiro atoms. The van der Waals surface area contributed by atoms with Gasteiger partial charge in [-0.25, -0.2) is 18.4 Å². The standard InChI is InChI=1S/C31H29F2N7O2/c1-17-9-28(42-30-23(32)3-2-4-24(30)33)36-14-27(17)40-31(34)22(13-37-40)29(41)26-12-19-10-20-15-39(16-21-5-7-35-21)8-6-18(20)11-25(19)38-26/h2-4,9-14,21,35,38H,5-8,15-16,34H2,1H3. The van der Waals surface area contributed by atoms with E-state index in [1.54, 1.807) is 6.92 Å². The van der Waals surface area contributed by atoms with Gasteiger partial charge in [-0.1, -0.05) is 6.07 Å². The SMILES string of the molecule is Cc1cc(Oc2c(F)cccc2F)ncc1-n1ncc(C(=O)c2cc3cc4c(cc3[nH]2)CCN(CC2CCN2)C4)c1N. The predicted octanol–water partition coefficient (Wildman–Crippen LogP) is 4.66. The molecule has 1 unspecified atom stereocenters. The van der Waals surface area contributed by atoms with Gasteiger partial charge in [0.15, 0.2) is 11.6 Å². The van der Waals surface area contributed by atoms with Crippen molar-refractivity contribution in [2.75, 3.05) is 25.4 Å². The van der Waals surface area contributed by atoms with E-state index in [0.29, 0.717) is 23.0 Å². The number of carbonyl (C=O) groups excluding carboxylic acids is 1. The number of nitrogens with zero attached hydrogens (tertiary/aromatic N) is 4. The molecule has 4 N–H and O–H groups in total. The van der Waals surface area contributed by atoms with Crippen LogP contribution in [0.1, 0.15) is 39.2 Å². The number of aryl methyl sites for hydroxylation is 1. The number of hydrogen-bond donors (Lipinski definition) is 3. The van der Waals surface area contributed by atoms with Gasteiger partial charge in [-0.15, -0.1) is 0 Å². The number of pyridine rings is 1. The van der Waals surface area contributed by atoms with Crippen molar-refractivity contribution in [1.29, 1.82) is 0 Å². The minimum atomic E-state index is -0.835. The molecular formula is C31H29F2N7O2. The van der Waals surface area contributed by atoms with Crippen molar-refractivity contribution >= 4 is 22.5 Å². The molecule has 0 amide bonds. The van der Waals surface area contributed by atoms with Crippen molar-refractivity contribution in [2.24, 2.45) is 0 Å². The lowest BCUT2D eigenvalue weighted by Crippen LogP contribution is -2.51. The van der Waals surface area contributed by atoms with E-state index in [-0.39, 0.29) is 23.0 Å². The first kappa shape index (κ1) is 26.3. The number of fused-ring (bicyclic) bond motifs is 2. The number of aromatic amines is 1. The van der Waals surface area contributed by atoms with Crippen LogP contribution in [-0.4, -0.2) is 56.1 Å². The zero-order chi connectivity index (χ0) is 29.0. The lowest BCUT2D eigenvalue weighted by Gasteiger charge is -2.36. The molecule has 214 valence electrons. The van der Waals surface area contributed by atoms with Gasteiger partial charge in [-0.2, -0.15) is 5.10 Å². The van der Waals surface area contributed by atoms with E-state index in [2.05, 4.69) is 37.4 Å². The Balaban J connectivity index is 1.12. The first-order valence-corrected chi connectivity index (χ1v) is 13.9. The van der Waals surface area contributed by atoms with E-state index in [0.717, 1.165) is 55.6 Å². The Morgan fingerprint density at radius 1 is 1.14 bits per heavy atom. The third kappa shape index (κ3) is 4.70. The van der Waals surface area contributed by atoms with E-state index in [1.165, 1.54) is 46.8 Å². The molecule has 0 radical (unpaired) electrons. The van der Waals surface area contributed by atoms with Crippen molar-refractivity contribution in [3.05, 3.63) is 94.4 Å². The zero-order valence-corrected chi connectivity index (χ0v) is 23.0. The molecule has 42 heavy (non-hydrogen) atoms. The van der Waals surface area contributed by atoms with Gasteiger partial charge in [0.1, 0.15) is 5.82 Å². The molecule has 1 atom stereocenters. The van der Waals surface area contributed by atoms with Crippen LogP contribution in [0.3, 0.4) is 0 Å². The second-order valence-corrected chi connectivity index (χ2v) is 11.0. The van der Waals surface area contributed by atoms with Crippen molar-refractivity contribution in [1.82, 2.24) is 30.0 Å². The molecule has 5 aromatic rings. The predicted molar refractivity (Wildman–Crippen MR) is 154 cm³/mol. The number of H-pyrrole nitrogens is 1. The molecule has 1 saturated heterocycles. The van der Waals surface area contributed by atoms with Crippen LogP contribution in [0.2, 0.25) is 0 Å². The van der Waals surface area contributed by atoms with Gasteiger partial charge in [0.05, 0.1) is 29.3 Å². The Morgan fingerprint density at radius 2 is 1.95 bits per heavy atom. The van der Waals surface area contributed by atoms with Gasteiger partial charge in [0, 0.05) is 42.6 Å². The van der Waals surface area contributed by atoms with Crippen LogP contribution in [0, 0.1) is 18.6 Å². The number of carbonyl (C=O) groups is 1. The average molecular weight is 570 g/mol. The van der Waals surface area contributed by atoms with Gasteiger partial charge >= 0.3 is 0 Å². The van der Waals surface area contributed by atoms with Gasteiger partial charge < -0.3 is 20.8 Å². The molecule has 0 bridgehead atoms. The van der Waals surface area contributed by atoms with Crippen LogP contribution in [0.15, 0.2) is 54.9 Å². The maximum Gasteiger partial charge on any atom is 0.219 e. The highest BCUT2D eigenvalue weighted by Gasteiger charge is 2.25. The average Bonchev–Trinajstić information content (AvgIpc) is 3.54. The fourth-order valence-electron chi connectivity index (χ4n) is 5.70. The molecule has 1 fully saturated rings. The molecule has 0 saturated carbocycles. The highest BCUT2D eigenvalue weighted by atomic mass is 19.1. The number of rotatable bonds is 7. The fraction of sp³-hybridized carbons (Fsp3) is 0.258. The normalized spacial score (nSPS) is 16.8. The summed E-state index contributed by atoms with van der Waals surface area (Å²) in [4.78, 5) is 23.5. The summed E-state index contributed by atoms with van der Waals surface area (Å²) in [6.07, 6.45) is 5.07. The van der Waals surface area contributed by atoms with E-state index >= 15 is 0 Å². The first-order chi connectivity index (χ1) is 20.3. The minimum absolute atomic E-state index is 0.00544. The van der Waals surface area contributed by atoms with Gasteiger partial charge in [0.2, 0.25) is 17.4 Å². The smallest absolute Gasteiger partial charge is 0.219 e. The minimum Gasteiger partial charge on any atom is -0.433 e. The third-order valence-electron chi connectivity index (χ3n) is 8.14. The number of ketones is 1. The number of anilines is 1. The molecule has 3 aromatic heterocycles. The molecule has 2 aromatic carbocycles. The molecule has 11 heteroatoms. The Kier molecular flexibility index (Phi) is 6.47. The topological polar surface area (TPSA) is 114 Å². The Hall–Kier alpha value is -4.61. The molecule has 2 aliphatic heterocycles. The summed E-state index contributed by atoms with van der Waals surface area (Å²) < 4.78 is 34.8. The molecule has 2 aliphatic rings. The van der Waals surface area contributed by atoms with E-state index in [4.69, 9.17) is 10.5 Å². The zero-order valence-electron chi connectivity index (χ0n) is 23.0. The molecule has 5 heterocycles. The summed E-state index contributed by atoms with van der Waals surface area (Å²) in [7, 11) is 0. The summed E-state index contributed by atoms with van der Waals surface area (Å²) in [5.74, 6) is -2.32. The number of nitrogen functional groups attached to an aromatic ring is 1. The summed E-state index contributed by atoms with van der Waals surface area (Å²) in [5, 5.41) is 8.80. The van der Waals surface area contributed by atoms with Gasteiger partial charge in [-0.3, -0.25) is 9.69 Å². The van der Waals surface area contributed by atoms with E-state index < -0.39 is 17.4 Å². The highest BCUT2D eigenvalue weighted by Crippen LogP contribution is 2.30. The number of nitrogens with one attached hydrogen (secondary N) is 2. The second-order valence-electron chi connectivity index (χ2n) is 11.0. The number of halogens is 2. The van der Waals surface area contributed by atoms with Crippen molar-refractivity contribution in [3.63, 3.8) is 0 Å². The highest BCUT2D eigenvalue weighted by molar-refractivity contribution is 6.12. The van der Waals surface area contributed by atoms with Crippen molar-refractivity contribution < 1.29 is 18.3 Å². The maximum absolute atomic E-state index is 14.0. The number of hydrogen-bond acceptors (Lipinski definition) is 7. The monoisotopic (exact) mass is 569 g/mol.